The van der Waals surface area contributed by atoms with Crippen LogP contribution in [0, 0.1) is 0 Å². The summed E-state index contributed by atoms with van der Waals surface area (Å²) >= 11 is 0. The van der Waals surface area contributed by atoms with E-state index >= 15 is 0 Å². The van der Waals surface area contributed by atoms with Crippen molar-refractivity contribution in [3.63, 3.8) is 0 Å². The van der Waals surface area contributed by atoms with Crippen LogP contribution in [0.4, 0.5) is 0 Å². The van der Waals surface area contributed by atoms with Crippen molar-refractivity contribution in [2.24, 2.45) is 5.73 Å². The minimum absolute atomic E-state index is 0.0961. The summed E-state index contributed by atoms with van der Waals surface area (Å²) in [6.45, 7) is 4.95. The van der Waals surface area contributed by atoms with Gasteiger partial charge in [0.15, 0.2) is 0 Å². The molecule has 400 valence electrons. The molecule has 2 atom stereocenters. The Labute approximate surface area is 421 Å². The number of nitrogens with two attached hydrogens (primary N) is 1. The summed E-state index contributed by atoms with van der Waals surface area (Å²) in [5.74, 6) is -0.328. The van der Waals surface area contributed by atoms with Crippen LogP contribution in [-0.4, -0.2) is 49.9 Å². The van der Waals surface area contributed by atoms with E-state index in [4.69, 9.17) is 24.3 Å². The molecule has 0 aliphatic carbocycles. The molecule has 0 spiro atoms. The first-order valence-corrected chi connectivity index (χ1v) is 30.6. The van der Waals surface area contributed by atoms with Crippen LogP contribution in [0.25, 0.3) is 0 Å². The third-order valence-corrected chi connectivity index (χ3v) is 13.7. The maximum absolute atomic E-state index is 12.7. The summed E-state index contributed by atoms with van der Waals surface area (Å²) in [6, 6.07) is 0. The Hall–Kier alpha value is -1.54. The third-order valence-electron chi connectivity index (χ3n) is 12.7. The molecule has 68 heavy (non-hydrogen) atoms. The highest BCUT2D eigenvalue weighted by Gasteiger charge is 2.25. The summed E-state index contributed by atoms with van der Waals surface area (Å²) in [7, 11) is -4.29. The SMILES string of the molecule is CCCCCCC/C=C\C/C=C\C/C=C\CCCCCCCCCCCCCOCC(COP(=O)(O)OCCN)OC(=O)CCCCCCCCCCCCC/C=C\CCCCCCCCCC. The number of esters is 1. The molecule has 0 heterocycles. The summed E-state index contributed by atoms with van der Waals surface area (Å²) in [5.41, 5.74) is 5.40. The van der Waals surface area contributed by atoms with Gasteiger partial charge >= 0.3 is 13.8 Å². The van der Waals surface area contributed by atoms with E-state index in [1.54, 1.807) is 0 Å². The molecule has 0 fully saturated rings. The molecule has 0 aromatic carbocycles. The Morgan fingerprint density at radius 3 is 1.18 bits per heavy atom. The van der Waals surface area contributed by atoms with Gasteiger partial charge in [0.1, 0.15) is 6.10 Å². The number of allylic oxidation sites excluding steroid dienone is 8. The minimum Gasteiger partial charge on any atom is -0.457 e. The number of unbranched alkanes of at least 4 members (excludes halogenated alkanes) is 35. The van der Waals surface area contributed by atoms with Crippen molar-refractivity contribution >= 4 is 13.8 Å². The molecule has 0 aliphatic rings. The van der Waals surface area contributed by atoms with E-state index in [-0.39, 0.29) is 32.3 Å². The van der Waals surface area contributed by atoms with Crippen molar-refractivity contribution in [3.8, 4) is 0 Å². The molecule has 3 N–H and O–H groups in total. The number of rotatable bonds is 56. The number of phosphoric acid groups is 1. The van der Waals surface area contributed by atoms with Crippen molar-refractivity contribution in [1.29, 1.82) is 0 Å². The lowest BCUT2D eigenvalue weighted by molar-refractivity contribution is -0.154. The standard InChI is InChI=1S/C59H112NO7P/c1-3-5-7-9-11-13-15-17-19-21-23-25-27-28-29-31-33-35-37-39-41-43-45-47-49-51-54-64-56-58(57-66-68(62,63)65-55-53-60)67-59(61)52-50-48-46-44-42-40-38-36-34-32-30-26-24-22-20-18-16-14-12-10-8-6-4-2/h15,17,21-24,27-28,58H,3-14,16,18-20,25-26,29-57,60H2,1-2H3,(H,62,63)/b17-15-,23-21-,24-22-,28-27-. The van der Waals surface area contributed by atoms with Gasteiger partial charge in [0.2, 0.25) is 0 Å². The van der Waals surface area contributed by atoms with Gasteiger partial charge in [-0.05, 0) is 77.0 Å². The zero-order chi connectivity index (χ0) is 49.4. The first kappa shape index (κ1) is 66.5. The van der Waals surface area contributed by atoms with Gasteiger partial charge in [-0.25, -0.2) is 4.57 Å². The molecule has 0 aromatic rings. The number of hydrogen-bond acceptors (Lipinski definition) is 7. The first-order chi connectivity index (χ1) is 33.4. The van der Waals surface area contributed by atoms with Crippen LogP contribution in [0.15, 0.2) is 48.6 Å². The van der Waals surface area contributed by atoms with Crippen molar-refractivity contribution < 1.29 is 32.8 Å². The highest BCUT2D eigenvalue weighted by molar-refractivity contribution is 7.47. The number of carbonyl (C=O) groups excluding carboxylic acids is 1. The van der Waals surface area contributed by atoms with Gasteiger partial charge in [0, 0.05) is 19.6 Å². The molecule has 0 radical (unpaired) electrons. The zero-order valence-electron chi connectivity index (χ0n) is 44.9. The largest absolute Gasteiger partial charge is 0.472 e. The lowest BCUT2D eigenvalue weighted by Gasteiger charge is -2.20. The summed E-state index contributed by atoms with van der Waals surface area (Å²) in [4.78, 5) is 22.7. The lowest BCUT2D eigenvalue weighted by Crippen LogP contribution is -2.28. The summed E-state index contributed by atoms with van der Waals surface area (Å²) in [6.07, 6.45) is 70.2. The second-order valence-corrected chi connectivity index (χ2v) is 21.0. The third kappa shape index (κ3) is 55.4. The van der Waals surface area contributed by atoms with Gasteiger partial charge < -0.3 is 20.1 Å². The van der Waals surface area contributed by atoms with E-state index in [1.807, 2.05) is 0 Å². The van der Waals surface area contributed by atoms with E-state index in [1.165, 1.54) is 218 Å². The monoisotopic (exact) mass is 978 g/mol. The Bertz CT molecular complexity index is 1190. The van der Waals surface area contributed by atoms with Gasteiger partial charge in [0.05, 0.1) is 19.8 Å². The average molecular weight is 979 g/mol. The predicted octanol–water partition coefficient (Wildman–Crippen LogP) is 18.7. The first-order valence-electron chi connectivity index (χ1n) is 29.1. The molecule has 0 saturated heterocycles. The highest BCUT2D eigenvalue weighted by Crippen LogP contribution is 2.43. The van der Waals surface area contributed by atoms with Crippen LogP contribution in [0.5, 0.6) is 0 Å². The van der Waals surface area contributed by atoms with E-state index in [9.17, 15) is 14.3 Å². The van der Waals surface area contributed by atoms with Crippen molar-refractivity contribution in [2.45, 2.75) is 290 Å². The van der Waals surface area contributed by atoms with E-state index in [0.717, 1.165) is 44.9 Å². The molecule has 0 aliphatic heterocycles. The predicted molar refractivity (Wildman–Crippen MR) is 293 cm³/mol. The number of phosphoric ester groups is 1. The van der Waals surface area contributed by atoms with Gasteiger partial charge in [-0.3, -0.25) is 13.8 Å². The molecular formula is C59H112NO7P. The molecule has 0 amide bonds. The Morgan fingerprint density at radius 1 is 0.441 bits per heavy atom. The van der Waals surface area contributed by atoms with Crippen molar-refractivity contribution in [2.75, 3.05) is 33.0 Å². The number of carbonyl (C=O) groups is 1. The average Bonchev–Trinajstić information content (AvgIpc) is 3.33. The van der Waals surface area contributed by atoms with Crippen LogP contribution in [0.3, 0.4) is 0 Å². The molecule has 0 aromatic heterocycles. The molecule has 0 saturated carbocycles. The number of hydrogen-bond donors (Lipinski definition) is 2. The van der Waals surface area contributed by atoms with Crippen LogP contribution in [0.1, 0.15) is 284 Å². The van der Waals surface area contributed by atoms with Crippen LogP contribution in [0.2, 0.25) is 0 Å². The van der Waals surface area contributed by atoms with Gasteiger partial charge in [-0.15, -0.1) is 0 Å². The van der Waals surface area contributed by atoms with Gasteiger partial charge in [-0.1, -0.05) is 249 Å². The molecule has 9 heteroatoms. The van der Waals surface area contributed by atoms with Crippen LogP contribution in [-0.2, 0) is 27.9 Å². The number of ether oxygens (including phenoxy) is 2. The van der Waals surface area contributed by atoms with Gasteiger partial charge in [-0.2, -0.15) is 0 Å². The Balaban J connectivity index is 3.88. The van der Waals surface area contributed by atoms with Crippen LogP contribution >= 0.6 is 7.82 Å². The van der Waals surface area contributed by atoms with E-state index < -0.39 is 13.9 Å². The minimum atomic E-state index is -4.29. The van der Waals surface area contributed by atoms with E-state index in [2.05, 4.69) is 62.5 Å². The summed E-state index contributed by atoms with van der Waals surface area (Å²) in [5, 5.41) is 0. The quantitative estimate of drug-likeness (QED) is 0.0268. The maximum atomic E-state index is 12.7. The zero-order valence-corrected chi connectivity index (χ0v) is 45.7. The van der Waals surface area contributed by atoms with E-state index in [0.29, 0.717) is 13.0 Å². The summed E-state index contributed by atoms with van der Waals surface area (Å²) < 4.78 is 33.7. The normalized spacial score (nSPS) is 13.5. The highest BCUT2D eigenvalue weighted by atomic mass is 31.2. The fourth-order valence-electron chi connectivity index (χ4n) is 8.41. The van der Waals surface area contributed by atoms with Crippen molar-refractivity contribution in [1.82, 2.24) is 0 Å². The molecule has 0 rings (SSSR count). The second kappa shape index (κ2) is 56.4. The Kier molecular flexibility index (Phi) is 55.1. The lowest BCUT2D eigenvalue weighted by atomic mass is 10.0. The molecule has 2 unspecified atom stereocenters. The van der Waals surface area contributed by atoms with Gasteiger partial charge in [0.25, 0.3) is 0 Å². The maximum Gasteiger partial charge on any atom is 0.472 e. The van der Waals surface area contributed by atoms with Crippen molar-refractivity contribution in [3.05, 3.63) is 48.6 Å². The Morgan fingerprint density at radius 2 is 0.779 bits per heavy atom. The fraction of sp³-hybridized carbons (Fsp3) is 0.847. The smallest absolute Gasteiger partial charge is 0.457 e. The molecule has 8 nitrogen and oxygen atoms in total. The molecule has 0 bridgehead atoms. The topological polar surface area (TPSA) is 117 Å². The fourth-order valence-corrected chi connectivity index (χ4v) is 9.18. The second-order valence-electron chi connectivity index (χ2n) is 19.5. The molecular weight excluding hydrogens is 866 g/mol. The van der Waals surface area contributed by atoms with Crippen LogP contribution < -0.4 is 5.73 Å².